The van der Waals surface area contributed by atoms with Crippen molar-refractivity contribution in [2.75, 3.05) is 5.32 Å². The quantitative estimate of drug-likeness (QED) is 0.201. The van der Waals surface area contributed by atoms with E-state index in [9.17, 15) is 34.9 Å². The summed E-state index contributed by atoms with van der Waals surface area (Å²) in [6, 6.07) is 1.36. The van der Waals surface area contributed by atoms with Gasteiger partial charge in [-0.15, -0.1) is 0 Å². The molecule has 1 aliphatic heterocycles. The van der Waals surface area contributed by atoms with E-state index < -0.39 is 56.0 Å². The average Bonchev–Trinajstić information content (AvgIpc) is 2.45. The van der Waals surface area contributed by atoms with Crippen LogP contribution < -0.4 is 5.32 Å². The molecule has 2 N–H and O–H groups in total. The van der Waals surface area contributed by atoms with Gasteiger partial charge in [0.05, 0.1) is 21.6 Å². The molecule has 0 atom stereocenters. The Balaban J connectivity index is 2.40. The van der Waals surface area contributed by atoms with Crippen LogP contribution in [-0.4, -0.2) is 32.7 Å². The fourth-order valence-corrected chi connectivity index (χ4v) is 1.89. The Kier molecular flexibility index (Phi) is 4.28. The van der Waals surface area contributed by atoms with Gasteiger partial charge in [-0.25, -0.2) is 9.59 Å². The van der Waals surface area contributed by atoms with E-state index in [1.54, 1.807) is 0 Å². The van der Waals surface area contributed by atoms with E-state index in [2.05, 4.69) is 5.32 Å². The van der Waals surface area contributed by atoms with Crippen LogP contribution in [0.1, 0.15) is 13.8 Å². The number of non-ortho nitro benzene ring substituents is 1. The highest BCUT2D eigenvalue weighted by molar-refractivity contribution is 6.15. The number of nitro benzene ring substituents is 2. The van der Waals surface area contributed by atoms with Gasteiger partial charge in [0, 0.05) is 26.1 Å². The fraction of sp³-hybridized carbons (Fsp3) is 0.231. The molecule has 1 aliphatic rings. The smallest absolute Gasteiger partial charge is 0.350 e. The summed E-state index contributed by atoms with van der Waals surface area (Å²) in [6.07, 6.45) is 0.766. The molecular formula is C13H11N3O9. The molecule has 0 amide bonds. The predicted octanol–water partition coefficient (Wildman–Crippen LogP) is 1.34. The van der Waals surface area contributed by atoms with Gasteiger partial charge in [0.15, 0.2) is 5.57 Å². The second-order valence-electron chi connectivity index (χ2n) is 5.26. The molecule has 12 nitrogen and oxygen atoms in total. The summed E-state index contributed by atoms with van der Waals surface area (Å²) in [5.74, 6) is -4.44. The van der Waals surface area contributed by atoms with Crippen molar-refractivity contribution in [3.63, 3.8) is 0 Å². The zero-order valence-electron chi connectivity index (χ0n) is 12.8. The number of carbonyl (C=O) groups excluding carboxylic acids is 2. The first-order valence-electron chi connectivity index (χ1n) is 6.61. The molecule has 1 aromatic rings. The summed E-state index contributed by atoms with van der Waals surface area (Å²) in [6.45, 7) is 2.67. The standard InChI is InChI=1S/C13H11N3O9/c1-13(2)24-11(18)7(12(19)25-13)5-14-8-3-6(15(20)21)4-9(10(8)17)16(22)23/h3-5,14,17H,1-2H3. The Morgan fingerprint density at radius 2 is 1.68 bits per heavy atom. The van der Waals surface area contributed by atoms with E-state index in [-0.39, 0.29) is 0 Å². The van der Waals surface area contributed by atoms with Crippen molar-refractivity contribution in [1.82, 2.24) is 0 Å². The molecule has 0 aromatic heterocycles. The van der Waals surface area contributed by atoms with Crippen LogP contribution in [0.2, 0.25) is 0 Å². The first-order chi connectivity index (χ1) is 11.5. The van der Waals surface area contributed by atoms with E-state index >= 15 is 0 Å². The summed E-state index contributed by atoms with van der Waals surface area (Å²) in [7, 11) is 0. The van der Waals surface area contributed by atoms with Crippen LogP contribution in [-0.2, 0) is 19.1 Å². The summed E-state index contributed by atoms with van der Waals surface area (Å²) in [5, 5.41) is 33.8. The fourth-order valence-electron chi connectivity index (χ4n) is 1.89. The molecular weight excluding hydrogens is 342 g/mol. The number of nitrogens with one attached hydrogen (secondary N) is 1. The number of nitro groups is 2. The van der Waals surface area contributed by atoms with Gasteiger partial charge in [0.25, 0.3) is 11.5 Å². The van der Waals surface area contributed by atoms with Crippen molar-refractivity contribution in [3.8, 4) is 5.75 Å². The molecule has 25 heavy (non-hydrogen) atoms. The number of hydrogen-bond acceptors (Lipinski definition) is 10. The minimum absolute atomic E-state index is 0.459. The number of carbonyl (C=O) groups is 2. The maximum absolute atomic E-state index is 11.8. The maximum atomic E-state index is 11.8. The van der Waals surface area contributed by atoms with Gasteiger partial charge in [0.1, 0.15) is 0 Å². The van der Waals surface area contributed by atoms with Crippen LogP contribution in [0.4, 0.5) is 17.1 Å². The van der Waals surface area contributed by atoms with Crippen LogP contribution in [0.15, 0.2) is 23.9 Å². The Bertz CT molecular complexity index is 806. The number of ether oxygens (including phenoxy) is 2. The van der Waals surface area contributed by atoms with E-state index in [1.807, 2.05) is 0 Å². The molecule has 1 fully saturated rings. The summed E-state index contributed by atoms with van der Waals surface area (Å²) < 4.78 is 9.66. The van der Waals surface area contributed by atoms with Crippen molar-refractivity contribution < 1.29 is 34.0 Å². The SMILES string of the molecule is CC1(C)OC(=O)C(=CNc2cc([N+](=O)[O-])cc([N+](=O)[O-])c2O)C(=O)O1. The van der Waals surface area contributed by atoms with Crippen molar-refractivity contribution in [1.29, 1.82) is 0 Å². The van der Waals surface area contributed by atoms with E-state index in [0.29, 0.717) is 6.07 Å². The average molecular weight is 353 g/mol. The molecule has 0 saturated carbocycles. The van der Waals surface area contributed by atoms with Crippen LogP contribution in [0, 0.1) is 20.2 Å². The number of phenols is 1. The van der Waals surface area contributed by atoms with Crippen LogP contribution >= 0.6 is 0 Å². The molecule has 0 aliphatic carbocycles. The summed E-state index contributed by atoms with van der Waals surface area (Å²) in [4.78, 5) is 43.3. The molecule has 0 radical (unpaired) electrons. The lowest BCUT2D eigenvalue weighted by molar-refractivity contribution is -0.394. The number of esters is 2. The lowest BCUT2D eigenvalue weighted by atomic mass is 10.2. The van der Waals surface area contributed by atoms with Gasteiger partial charge in [-0.2, -0.15) is 0 Å². The van der Waals surface area contributed by atoms with Gasteiger partial charge >= 0.3 is 17.6 Å². The Labute approximate surface area is 138 Å². The van der Waals surface area contributed by atoms with E-state index in [0.717, 1.165) is 12.3 Å². The predicted molar refractivity (Wildman–Crippen MR) is 79.4 cm³/mol. The van der Waals surface area contributed by atoms with E-state index in [4.69, 9.17) is 9.47 Å². The lowest BCUT2D eigenvalue weighted by Crippen LogP contribution is -2.42. The van der Waals surface area contributed by atoms with Crippen LogP contribution in [0.5, 0.6) is 5.75 Å². The van der Waals surface area contributed by atoms with Crippen molar-refractivity contribution in [3.05, 3.63) is 44.1 Å². The molecule has 2 rings (SSSR count). The van der Waals surface area contributed by atoms with Gasteiger partial charge in [-0.05, 0) is 0 Å². The number of phenolic OH excluding ortho intramolecular Hbond substituents is 1. The third kappa shape index (κ3) is 3.63. The Morgan fingerprint density at radius 1 is 1.12 bits per heavy atom. The number of anilines is 1. The van der Waals surface area contributed by atoms with Crippen molar-refractivity contribution in [2.24, 2.45) is 0 Å². The maximum Gasteiger partial charge on any atom is 0.350 e. The molecule has 132 valence electrons. The molecule has 12 heteroatoms. The van der Waals surface area contributed by atoms with E-state index in [1.165, 1.54) is 13.8 Å². The number of hydrogen-bond donors (Lipinski definition) is 2. The normalized spacial score (nSPS) is 15.8. The highest BCUT2D eigenvalue weighted by atomic mass is 16.7. The van der Waals surface area contributed by atoms with Crippen LogP contribution in [0.25, 0.3) is 0 Å². The Morgan fingerprint density at radius 3 is 2.16 bits per heavy atom. The zero-order chi connectivity index (χ0) is 18.9. The number of rotatable bonds is 4. The minimum Gasteiger partial charge on any atom is -0.501 e. The second kappa shape index (κ2) is 6.07. The highest BCUT2D eigenvalue weighted by Crippen LogP contribution is 2.38. The summed E-state index contributed by atoms with van der Waals surface area (Å²) in [5.41, 5.74) is -2.66. The number of aromatic hydroxyl groups is 1. The first kappa shape index (κ1) is 17.7. The molecule has 1 saturated heterocycles. The van der Waals surface area contributed by atoms with Gasteiger partial charge in [-0.3, -0.25) is 20.2 Å². The van der Waals surface area contributed by atoms with Gasteiger partial charge in [-0.1, -0.05) is 0 Å². The summed E-state index contributed by atoms with van der Waals surface area (Å²) >= 11 is 0. The van der Waals surface area contributed by atoms with Crippen molar-refractivity contribution >= 4 is 29.0 Å². The Hall–Kier alpha value is -3.70. The highest BCUT2D eigenvalue weighted by Gasteiger charge is 2.39. The van der Waals surface area contributed by atoms with Crippen molar-refractivity contribution in [2.45, 2.75) is 19.6 Å². The number of benzene rings is 1. The molecule has 1 heterocycles. The monoisotopic (exact) mass is 353 g/mol. The van der Waals surface area contributed by atoms with Crippen LogP contribution in [0.3, 0.4) is 0 Å². The number of cyclic esters (lactones) is 2. The minimum atomic E-state index is -1.46. The van der Waals surface area contributed by atoms with Gasteiger partial charge < -0.3 is 19.9 Å². The zero-order valence-corrected chi connectivity index (χ0v) is 12.8. The molecule has 0 bridgehead atoms. The third-order valence-corrected chi connectivity index (χ3v) is 2.97. The number of nitrogens with zero attached hydrogens (tertiary/aromatic N) is 2. The third-order valence-electron chi connectivity index (χ3n) is 2.97. The largest absolute Gasteiger partial charge is 0.501 e. The first-order valence-corrected chi connectivity index (χ1v) is 6.61. The molecule has 0 unspecified atom stereocenters. The second-order valence-corrected chi connectivity index (χ2v) is 5.26. The topological polar surface area (TPSA) is 171 Å². The van der Waals surface area contributed by atoms with Gasteiger partial charge in [0.2, 0.25) is 5.75 Å². The lowest BCUT2D eigenvalue weighted by Gasteiger charge is -2.29. The molecule has 1 aromatic carbocycles. The molecule has 0 spiro atoms.